The number of aromatic hydroxyl groups is 3. The van der Waals surface area contributed by atoms with Crippen molar-refractivity contribution in [2.75, 3.05) is 13.2 Å². The van der Waals surface area contributed by atoms with E-state index < -0.39 is 114 Å². The van der Waals surface area contributed by atoms with Crippen molar-refractivity contribution in [2.24, 2.45) is 0 Å². The van der Waals surface area contributed by atoms with Crippen LogP contribution in [0.3, 0.4) is 0 Å². The van der Waals surface area contributed by atoms with Crippen LogP contribution in [0, 0.1) is 0 Å². The standard InChI is InChI=1S/C27H30O17/c28-6-12-15(32)18(35)20(37)26(41-12)43-24-17(34)14-10(31)5-11(8-1-3-9(30)4-2-8)40-23(14)25(22(24)39)44-27-21(38)19(36)16(33)13(7-29)42-27/h1-5,12-13,15-16,18-21,26-30,32-39H,6-7H2/t12-,13-,15+,16-,18-,19+,20-,21-,26+,27+/m1/s1. The van der Waals surface area contributed by atoms with Gasteiger partial charge in [0.2, 0.25) is 29.8 Å². The largest absolute Gasteiger partial charge is 0.508 e. The number of aliphatic hydroxyl groups excluding tert-OH is 8. The summed E-state index contributed by atoms with van der Waals surface area (Å²) in [5.74, 6) is -4.28. The number of rotatable bonds is 7. The fraction of sp³-hybridized carbons (Fsp3) is 0.444. The highest BCUT2D eigenvalue weighted by Crippen LogP contribution is 2.51. The van der Waals surface area contributed by atoms with E-state index in [1.54, 1.807) is 0 Å². The average Bonchev–Trinajstić information content (AvgIpc) is 3.01. The quantitative estimate of drug-likeness (QED) is 0.124. The van der Waals surface area contributed by atoms with Gasteiger partial charge in [0, 0.05) is 11.6 Å². The van der Waals surface area contributed by atoms with Gasteiger partial charge in [-0.1, -0.05) is 0 Å². The normalized spacial score (nSPS) is 32.5. The van der Waals surface area contributed by atoms with Crippen molar-refractivity contribution in [2.45, 2.75) is 61.4 Å². The molecule has 2 aliphatic rings. The highest BCUT2D eigenvalue weighted by molar-refractivity contribution is 5.95. The van der Waals surface area contributed by atoms with E-state index in [0.717, 1.165) is 6.07 Å². The van der Waals surface area contributed by atoms with Crippen LogP contribution in [0.5, 0.6) is 28.7 Å². The Morgan fingerprint density at radius 2 is 1.16 bits per heavy atom. The van der Waals surface area contributed by atoms with E-state index in [9.17, 15) is 61.0 Å². The minimum absolute atomic E-state index is 0.103. The van der Waals surface area contributed by atoms with Gasteiger partial charge in [0.15, 0.2) is 16.8 Å². The second kappa shape index (κ2) is 12.3. The van der Waals surface area contributed by atoms with E-state index in [1.807, 2.05) is 0 Å². The van der Waals surface area contributed by atoms with Crippen LogP contribution in [0.1, 0.15) is 0 Å². The lowest BCUT2D eigenvalue weighted by molar-refractivity contribution is -0.279. The lowest BCUT2D eigenvalue weighted by atomic mass is 9.99. The first-order valence-corrected chi connectivity index (χ1v) is 13.2. The summed E-state index contributed by atoms with van der Waals surface area (Å²) in [6.45, 7) is -1.67. The first kappa shape index (κ1) is 31.7. The first-order valence-electron chi connectivity index (χ1n) is 13.2. The van der Waals surface area contributed by atoms with Gasteiger partial charge in [-0.25, -0.2) is 0 Å². The Morgan fingerprint density at radius 1 is 0.659 bits per heavy atom. The summed E-state index contributed by atoms with van der Waals surface area (Å²) in [6.07, 6.45) is -18.2. The van der Waals surface area contributed by atoms with E-state index >= 15 is 0 Å². The zero-order chi connectivity index (χ0) is 32.0. The van der Waals surface area contributed by atoms with Crippen LogP contribution in [-0.4, -0.2) is 131 Å². The van der Waals surface area contributed by atoms with E-state index in [0.29, 0.717) is 0 Å². The van der Waals surface area contributed by atoms with Gasteiger partial charge >= 0.3 is 0 Å². The number of hydrogen-bond acceptors (Lipinski definition) is 17. The van der Waals surface area contributed by atoms with E-state index in [2.05, 4.69) is 0 Å². The molecule has 5 rings (SSSR count). The van der Waals surface area contributed by atoms with Gasteiger partial charge in [0.05, 0.1) is 13.2 Å². The summed E-state index contributed by atoms with van der Waals surface area (Å²) in [6, 6.07) is 6.29. The summed E-state index contributed by atoms with van der Waals surface area (Å²) in [5.41, 5.74) is -1.33. The maximum absolute atomic E-state index is 13.3. The van der Waals surface area contributed by atoms with Crippen LogP contribution in [0.2, 0.25) is 0 Å². The van der Waals surface area contributed by atoms with E-state index in [1.165, 1.54) is 24.3 Å². The fourth-order valence-corrected chi connectivity index (χ4v) is 4.86. The Morgan fingerprint density at radius 3 is 1.66 bits per heavy atom. The van der Waals surface area contributed by atoms with Crippen LogP contribution in [0.4, 0.5) is 0 Å². The second-order valence-corrected chi connectivity index (χ2v) is 10.2. The molecule has 0 unspecified atom stereocenters. The van der Waals surface area contributed by atoms with Gasteiger partial charge in [0.1, 0.15) is 65.7 Å². The molecule has 0 amide bonds. The van der Waals surface area contributed by atoms with Gasteiger partial charge in [-0.05, 0) is 24.3 Å². The van der Waals surface area contributed by atoms with Gasteiger partial charge < -0.3 is 79.5 Å². The molecule has 0 spiro atoms. The maximum Gasteiger partial charge on any atom is 0.229 e. The number of aliphatic hydroxyl groups is 8. The van der Waals surface area contributed by atoms with Crippen LogP contribution in [-0.2, 0) is 9.47 Å². The van der Waals surface area contributed by atoms with Crippen molar-refractivity contribution in [3.8, 4) is 40.1 Å². The minimum Gasteiger partial charge on any atom is -0.508 e. The maximum atomic E-state index is 13.3. The van der Waals surface area contributed by atoms with Gasteiger partial charge in [-0.3, -0.25) is 4.79 Å². The molecule has 44 heavy (non-hydrogen) atoms. The van der Waals surface area contributed by atoms with Gasteiger partial charge in [0.25, 0.3) is 0 Å². The molecule has 2 saturated heterocycles. The van der Waals surface area contributed by atoms with E-state index in [-0.39, 0.29) is 17.1 Å². The lowest BCUT2D eigenvalue weighted by Gasteiger charge is -2.40. The number of hydrogen-bond donors (Lipinski definition) is 11. The Hall–Kier alpha value is -3.75. The molecular formula is C27H30O17. The van der Waals surface area contributed by atoms with Crippen molar-refractivity contribution >= 4 is 11.0 Å². The Balaban J connectivity index is 1.67. The molecule has 10 atom stereocenters. The van der Waals surface area contributed by atoms with Crippen molar-refractivity contribution in [3.05, 3.63) is 40.6 Å². The predicted octanol–water partition coefficient (Wildman–Crippen LogP) is -3.07. The zero-order valence-corrected chi connectivity index (χ0v) is 22.4. The van der Waals surface area contributed by atoms with Crippen LogP contribution in [0.25, 0.3) is 22.3 Å². The SMILES string of the molecule is O=c1cc(-c2ccc(O)cc2)oc2c(O[C@@H]3O[C@H](CO)[C@@H](O)[C@H](O)[C@H]3O)c(O)c(O[C@@H]3O[C@H](CO)[C@H](O)[C@@H](O)[C@H]3O)c(O)c12. The molecule has 11 N–H and O–H groups in total. The molecule has 17 heteroatoms. The highest BCUT2D eigenvalue weighted by atomic mass is 16.7. The molecule has 2 fully saturated rings. The molecule has 2 aromatic carbocycles. The average molecular weight is 627 g/mol. The fourth-order valence-electron chi connectivity index (χ4n) is 4.86. The Bertz CT molecular complexity index is 1540. The molecule has 240 valence electrons. The molecule has 3 aromatic rings. The van der Waals surface area contributed by atoms with Gasteiger partial charge in [-0.15, -0.1) is 0 Å². The molecule has 0 radical (unpaired) electrons. The summed E-state index contributed by atoms with van der Waals surface area (Å²) in [7, 11) is 0. The molecule has 0 aliphatic carbocycles. The molecular weight excluding hydrogens is 596 g/mol. The Kier molecular flexibility index (Phi) is 8.87. The second-order valence-electron chi connectivity index (χ2n) is 10.2. The smallest absolute Gasteiger partial charge is 0.229 e. The predicted molar refractivity (Wildman–Crippen MR) is 142 cm³/mol. The number of benzene rings is 2. The number of ether oxygens (including phenoxy) is 4. The highest BCUT2D eigenvalue weighted by Gasteiger charge is 2.47. The number of fused-ring (bicyclic) bond motifs is 1. The van der Waals surface area contributed by atoms with E-state index in [4.69, 9.17) is 23.4 Å². The molecule has 1 aromatic heterocycles. The summed E-state index contributed by atoms with van der Waals surface area (Å²) < 4.78 is 27.5. The minimum atomic E-state index is -2.01. The van der Waals surface area contributed by atoms with Crippen molar-refractivity contribution < 1.29 is 79.5 Å². The third-order valence-electron chi connectivity index (χ3n) is 7.35. The topological polar surface area (TPSA) is 290 Å². The molecule has 0 saturated carbocycles. The molecule has 3 heterocycles. The van der Waals surface area contributed by atoms with Crippen LogP contribution < -0.4 is 14.9 Å². The number of phenolic OH excluding ortho intramolecular Hbond substituents is 3. The van der Waals surface area contributed by atoms with Gasteiger partial charge in [-0.2, -0.15) is 0 Å². The summed E-state index contributed by atoms with van der Waals surface area (Å²) in [5, 5.41) is 112. The zero-order valence-electron chi connectivity index (χ0n) is 22.4. The monoisotopic (exact) mass is 626 g/mol. The Labute approximate surface area is 246 Å². The molecule has 2 aliphatic heterocycles. The third-order valence-corrected chi connectivity index (χ3v) is 7.35. The summed E-state index contributed by atoms with van der Waals surface area (Å²) >= 11 is 0. The first-order chi connectivity index (χ1) is 20.9. The summed E-state index contributed by atoms with van der Waals surface area (Å²) in [4.78, 5) is 13.3. The van der Waals surface area contributed by atoms with Crippen molar-refractivity contribution in [1.82, 2.24) is 0 Å². The number of phenols is 3. The molecule has 17 nitrogen and oxygen atoms in total. The third kappa shape index (κ3) is 5.50. The lowest BCUT2D eigenvalue weighted by Crippen LogP contribution is -2.60. The molecule has 0 bridgehead atoms. The van der Waals surface area contributed by atoms with Crippen molar-refractivity contribution in [3.63, 3.8) is 0 Å². The van der Waals surface area contributed by atoms with Crippen molar-refractivity contribution in [1.29, 1.82) is 0 Å². The van der Waals surface area contributed by atoms with Crippen LogP contribution >= 0.6 is 0 Å². The van der Waals surface area contributed by atoms with Crippen LogP contribution in [0.15, 0.2) is 39.5 Å².